The first kappa shape index (κ1) is 17.9. The number of amides is 1. The maximum absolute atomic E-state index is 12.2. The third-order valence-corrected chi connectivity index (χ3v) is 5.27. The van der Waals surface area contributed by atoms with Gasteiger partial charge >= 0.3 is 0 Å². The molecule has 25 heavy (non-hydrogen) atoms. The second-order valence-electron chi connectivity index (χ2n) is 6.47. The summed E-state index contributed by atoms with van der Waals surface area (Å²) in [7, 11) is 1.66. The fraction of sp³-hybridized carbons (Fsp3) is 0.556. The number of nitrogens with one attached hydrogen (secondary N) is 1. The molecule has 1 saturated heterocycles. The quantitative estimate of drug-likeness (QED) is 0.731. The van der Waals surface area contributed by atoms with Crippen molar-refractivity contribution in [2.45, 2.75) is 26.4 Å². The molecule has 2 heterocycles. The van der Waals surface area contributed by atoms with Crippen LogP contribution in [0.4, 0.5) is 5.13 Å². The molecule has 1 aromatic heterocycles. The van der Waals surface area contributed by atoms with E-state index < -0.39 is 0 Å². The predicted octanol–water partition coefficient (Wildman–Crippen LogP) is 2.67. The average Bonchev–Trinajstić information content (AvgIpc) is 2.96. The van der Waals surface area contributed by atoms with Gasteiger partial charge in [0.25, 0.3) is 0 Å². The summed E-state index contributed by atoms with van der Waals surface area (Å²) >= 11 is 1.64. The lowest BCUT2D eigenvalue weighted by atomic mass is 10.00. The van der Waals surface area contributed by atoms with Crippen molar-refractivity contribution in [1.82, 2.24) is 10.3 Å². The fourth-order valence-electron chi connectivity index (χ4n) is 2.76. The summed E-state index contributed by atoms with van der Waals surface area (Å²) in [5, 5.41) is 3.95. The highest BCUT2D eigenvalue weighted by Crippen LogP contribution is 2.36. The lowest BCUT2D eigenvalue weighted by Gasteiger charge is -2.37. The third kappa shape index (κ3) is 4.22. The Balaban J connectivity index is 1.47. The molecule has 6 nitrogen and oxygen atoms in total. The number of fused-ring (bicyclic) bond motifs is 1. The number of benzene rings is 1. The first-order valence-electron chi connectivity index (χ1n) is 8.66. The van der Waals surface area contributed by atoms with Gasteiger partial charge in [-0.2, -0.15) is 0 Å². The summed E-state index contributed by atoms with van der Waals surface area (Å²) in [4.78, 5) is 19.0. The topological polar surface area (TPSA) is 63.7 Å². The molecular formula is C18H25N3O3S. The summed E-state index contributed by atoms with van der Waals surface area (Å²) in [5.74, 6) is 0.956. The van der Waals surface area contributed by atoms with E-state index in [0.717, 1.165) is 40.6 Å². The van der Waals surface area contributed by atoms with E-state index in [2.05, 4.69) is 15.2 Å². The van der Waals surface area contributed by atoms with Crippen LogP contribution in [0.3, 0.4) is 0 Å². The van der Waals surface area contributed by atoms with E-state index in [-0.39, 0.29) is 17.9 Å². The van der Waals surface area contributed by atoms with Gasteiger partial charge < -0.3 is 19.7 Å². The minimum atomic E-state index is 0.0416. The highest BCUT2D eigenvalue weighted by molar-refractivity contribution is 7.22. The van der Waals surface area contributed by atoms with E-state index in [1.165, 1.54) is 0 Å². The molecule has 0 spiro atoms. The van der Waals surface area contributed by atoms with Crippen molar-refractivity contribution in [2.75, 3.05) is 38.3 Å². The van der Waals surface area contributed by atoms with Crippen molar-refractivity contribution in [1.29, 1.82) is 0 Å². The number of rotatable bonds is 8. The Morgan fingerprint density at radius 1 is 1.44 bits per heavy atom. The number of carbonyl (C=O) groups excluding carboxylic acids is 1. The van der Waals surface area contributed by atoms with Crippen LogP contribution >= 0.6 is 11.3 Å². The normalized spacial score (nSPS) is 14.8. The summed E-state index contributed by atoms with van der Waals surface area (Å²) in [6.45, 7) is 6.81. The number of thiazole rings is 1. The van der Waals surface area contributed by atoms with Crippen LogP contribution < -0.4 is 15.0 Å². The van der Waals surface area contributed by atoms with E-state index in [9.17, 15) is 4.79 Å². The first-order valence-corrected chi connectivity index (χ1v) is 9.48. The van der Waals surface area contributed by atoms with Crippen LogP contribution in [0.15, 0.2) is 18.2 Å². The highest BCUT2D eigenvalue weighted by Gasteiger charge is 2.34. The van der Waals surface area contributed by atoms with E-state index in [4.69, 9.17) is 9.47 Å². The molecule has 1 aliphatic heterocycles. The molecule has 0 aliphatic carbocycles. The number of anilines is 1. The molecule has 136 valence electrons. The Morgan fingerprint density at radius 2 is 2.24 bits per heavy atom. The van der Waals surface area contributed by atoms with Crippen LogP contribution in [0, 0.1) is 5.92 Å². The Hall–Kier alpha value is -1.86. The van der Waals surface area contributed by atoms with Gasteiger partial charge in [-0.1, -0.05) is 17.4 Å². The van der Waals surface area contributed by atoms with E-state index in [0.29, 0.717) is 13.2 Å². The summed E-state index contributed by atoms with van der Waals surface area (Å²) in [6.07, 6.45) is 1.08. The molecule has 1 aromatic carbocycles. The van der Waals surface area contributed by atoms with Crippen molar-refractivity contribution in [3.8, 4) is 5.75 Å². The molecule has 1 fully saturated rings. The Morgan fingerprint density at radius 3 is 2.96 bits per heavy atom. The van der Waals surface area contributed by atoms with Crippen molar-refractivity contribution in [2.24, 2.45) is 5.92 Å². The van der Waals surface area contributed by atoms with E-state index in [1.807, 2.05) is 32.0 Å². The summed E-state index contributed by atoms with van der Waals surface area (Å²) < 4.78 is 11.9. The molecule has 7 heteroatoms. The average molecular weight is 363 g/mol. The van der Waals surface area contributed by atoms with Gasteiger partial charge in [0.15, 0.2) is 5.13 Å². The molecule has 0 atom stereocenters. The van der Waals surface area contributed by atoms with E-state index >= 15 is 0 Å². The van der Waals surface area contributed by atoms with Gasteiger partial charge in [-0.15, -0.1) is 0 Å². The van der Waals surface area contributed by atoms with Gasteiger partial charge in [0.05, 0.1) is 23.8 Å². The number of ether oxygens (including phenoxy) is 2. The standard InChI is InChI=1S/C18H25N3O3S/c1-12(2)24-9-5-8-19-17(22)13-10-21(11-13)18-20-16-14(23-3)6-4-7-15(16)25-18/h4,6-7,12-13H,5,8-11H2,1-3H3,(H,19,22). The number of para-hydroxylation sites is 1. The largest absolute Gasteiger partial charge is 0.494 e. The van der Waals surface area contributed by atoms with Crippen molar-refractivity contribution in [3.05, 3.63) is 18.2 Å². The molecular weight excluding hydrogens is 338 g/mol. The predicted molar refractivity (Wildman–Crippen MR) is 101 cm³/mol. The minimum Gasteiger partial charge on any atom is -0.494 e. The maximum atomic E-state index is 12.2. The zero-order valence-corrected chi connectivity index (χ0v) is 15.8. The maximum Gasteiger partial charge on any atom is 0.226 e. The number of hydrogen-bond acceptors (Lipinski definition) is 6. The third-order valence-electron chi connectivity index (χ3n) is 4.18. The molecule has 1 amide bonds. The highest BCUT2D eigenvalue weighted by atomic mass is 32.1. The van der Waals surface area contributed by atoms with Crippen LogP contribution in [0.2, 0.25) is 0 Å². The minimum absolute atomic E-state index is 0.0416. The van der Waals surface area contributed by atoms with Crippen LogP contribution in [-0.2, 0) is 9.53 Å². The molecule has 0 radical (unpaired) electrons. The zero-order valence-electron chi connectivity index (χ0n) is 14.9. The molecule has 2 aromatic rings. The molecule has 0 saturated carbocycles. The van der Waals surface area contributed by atoms with Gasteiger partial charge in [0, 0.05) is 26.2 Å². The van der Waals surface area contributed by atoms with Crippen LogP contribution in [0.5, 0.6) is 5.75 Å². The number of aromatic nitrogens is 1. The van der Waals surface area contributed by atoms with Crippen molar-refractivity contribution >= 4 is 32.6 Å². The van der Waals surface area contributed by atoms with Crippen LogP contribution in [0.25, 0.3) is 10.2 Å². The number of carbonyl (C=O) groups is 1. The van der Waals surface area contributed by atoms with Gasteiger partial charge in [0.2, 0.25) is 5.91 Å². The summed E-state index contributed by atoms with van der Waals surface area (Å²) in [6, 6.07) is 5.93. The van der Waals surface area contributed by atoms with Crippen molar-refractivity contribution < 1.29 is 14.3 Å². The van der Waals surface area contributed by atoms with Crippen LogP contribution in [-0.4, -0.2) is 50.3 Å². The van der Waals surface area contributed by atoms with Gasteiger partial charge in [0.1, 0.15) is 11.3 Å². The van der Waals surface area contributed by atoms with Crippen molar-refractivity contribution in [3.63, 3.8) is 0 Å². The Labute approximate surface area is 152 Å². The Kier molecular flexibility index (Phi) is 5.75. The number of hydrogen-bond donors (Lipinski definition) is 1. The zero-order chi connectivity index (χ0) is 17.8. The van der Waals surface area contributed by atoms with Gasteiger partial charge in [-0.05, 0) is 32.4 Å². The second kappa shape index (κ2) is 8.01. The molecule has 1 aliphatic rings. The lowest BCUT2D eigenvalue weighted by Crippen LogP contribution is -2.53. The molecule has 0 bridgehead atoms. The van der Waals surface area contributed by atoms with Gasteiger partial charge in [-0.3, -0.25) is 4.79 Å². The van der Waals surface area contributed by atoms with Gasteiger partial charge in [-0.25, -0.2) is 4.98 Å². The smallest absolute Gasteiger partial charge is 0.226 e. The monoisotopic (exact) mass is 363 g/mol. The van der Waals surface area contributed by atoms with Crippen LogP contribution in [0.1, 0.15) is 20.3 Å². The number of methoxy groups -OCH3 is 1. The number of nitrogens with zero attached hydrogens (tertiary/aromatic N) is 2. The first-order chi connectivity index (χ1) is 12.1. The molecule has 1 N–H and O–H groups in total. The molecule has 0 unspecified atom stereocenters. The molecule has 3 rings (SSSR count). The Bertz CT molecular complexity index is 725. The summed E-state index contributed by atoms with van der Waals surface area (Å²) in [5.41, 5.74) is 0.892. The van der Waals surface area contributed by atoms with E-state index in [1.54, 1.807) is 18.4 Å². The fourth-order valence-corrected chi connectivity index (χ4v) is 3.76. The second-order valence-corrected chi connectivity index (χ2v) is 7.48. The SMILES string of the molecule is COc1cccc2sc(N3CC(C(=O)NCCCOC(C)C)C3)nc12. The lowest BCUT2D eigenvalue weighted by molar-refractivity contribution is -0.125.